The fraction of sp³-hybridized carbons (Fsp3) is 0.500. The number of hydrogen-bond acceptors (Lipinski definition) is 4. The second-order valence-corrected chi connectivity index (χ2v) is 5.21. The molecule has 0 aliphatic carbocycles. The quantitative estimate of drug-likeness (QED) is 0.830. The van der Waals surface area contributed by atoms with E-state index in [1.807, 2.05) is 20.8 Å². The van der Waals surface area contributed by atoms with E-state index in [-0.39, 0.29) is 34.0 Å². The average Bonchev–Trinajstić information content (AvgIpc) is 2.21. The van der Waals surface area contributed by atoms with Crippen LogP contribution in [0.4, 0.5) is 5.82 Å². The Labute approximate surface area is 110 Å². The highest BCUT2D eigenvalue weighted by Crippen LogP contribution is 2.25. The van der Waals surface area contributed by atoms with Gasteiger partial charge in [-0.3, -0.25) is 4.79 Å². The van der Waals surface area contributed by atoms with E-state index in [9.17, 15) is 4.79 Å². The maximum Gasteiger partial charge on any atom is 0.239 e. The van der Waals surface area contributed by atoms with Gasteiger partial charge < -0.3 is 10.6 Å². The maximum absolute atomic E-state index is 11.6. The summed E-state index contributed by atoms with van der Waals surface area (Å²) in [5, 5.41) is 5.85. The molecule has 0 aromatic carbocycles. The first-order chi connectivity index (χ1) is 7.79. The van der Waals surface area contributed by atoms with E-state index in [1.165, 1.54) is 6.33 Å². The summed E-state index contributed by atoms with van der Waals surface area (Å²) in [6.07, 6.45) is 1.24. The molecule has 0 radical (unpaired) electrons. The molecular weight excluding hydrogens is 263 g/mol. The molecular formula is C10H14Cl2N4O. The van der Waals surface area contributed by atoms with Crippen LogP contribution in [-0.4, -0.2) is 28.0 Å². The number of aromatic nitrogens is 2. The molecule has 1 amide bonds. The zero-order valence-corrected chi connectivity index (χ0v) is 11.4. The number of halogens is 2. The third-order valence-electron chi connectivity index (χ3n) is 1.78. The van der Waals surface area contributed by atoms with Gasteiger partial charge in [-0.25, -0.2) is 9.97 Å². The van der Waals surface area contributed by atoms with Crippen molar-refractivity contribution < 1.29 is 4.79 Å². The highest BCUT2D eigenvalue weighted by molar-refractivity contribution is 6.42. The summed E-state index contributed by atoms with van der Waals surface area (Å²) in [5.41, 5.74) is -0.134. The van der Waals surface area contributed by atoms with Gasteiger partial charge in [0.05, 0.1) is 6.54 Å². The summed E-state index contributed by atoms with van der Waals surface area (Å²) < 4.78 is 0. The third kappa shape index (κ3) is 4.85. The van der Waals surface area contributed by atoms with E-state index >= 15 is 0 Å². The van der Waals surface area contributed by atoms with Gasteiger partial charge in [-0.2, -0.15) is 0 Å². The average molecular weight is 277 g/mol. The largest absolute Gasteiger partial charge is 0.308 e. The molecule has 0 fully saturated rings. The Hall–Kier alpha value is -0.910. The van der Waals surface area contributed by atoms with Gasteiger partial charge in [0.15, 0.2) is 11.0 Å². The van der Waals surface area contributed by atoms with E-state index in [2.05, 4.69) is 20.6 Å². The monoisotopic (exact) mass is 276 g/mol. The molecule has 0 spiro atoms. The molecule has 1 aromatic heterocycles. The summed E-state index contributed by atoms with van der Waals surface area (Å²) in [5.74, 6) is -0.0241. The summed E-state index contributed by atoms with van der Waals surface area (Å²) in [6, 6.07) is 0. The predicted octanol–water partition coefficient (Wildman–Crippen LogP) is 2.11. The number of carbonyl (C=O) groups is 1. The van der Waals surface area contributed by atoms with E-state index in [0.29, 0.717) is 0 Å². The Kier molecular flexibility index (Phi) is 4.68. The van der Waals surface area contributed by atoms with Crippen molar-refractivity contribution in [2.24, 2.45) is 0 Å². The van der Waals surface area contributed by atoms with Gasteiger partial charge in [0.1, 0.15) is 11.3 Å². The van der Waals surface area contributed by atoms with Crippen LogP contribution in [0.2, 0.25) is 10.2 Å². The molecule has 0 unspecified atom stereocenters. The van der Waals surface area contributed by atoms with Gasteiger partial charge in [0.25, 0.3) is 0 Å². The lowest BCUT2D eigenvalue weighted by atomic mass is 10.1. The van der Waals surface area contributed by atoms with Crippen molar-refractivity contribution in [3.05, 3.63) is 16.5 Å². The minimum absolute atomic E-state index is 0.112. The van der Waals surface area contributed by atoms with Gasteiger partial charge in [-0.05, 0) is 20.8 Å². The van der Waals surface area contributed by atoms with Crippen LogP contribution in [-0.2, 0) is 4.79 Å². The van der Waals surface area contributed by atoms with E-state index in [1.54, 1.807) is 0 Å². The Balaban J connectivity index is 2.60. The SMILES string of the molecule is CC(C)(C)NCC(=O)Nc1ncnc(Cl)c1Cl. The molecule has 0 saturated heterocycles. The van der Waals surface area contributed by atoms with Crippen LogP contribution in [0, 0.1) is 0 Å². The van der Waals surface area contributed by atoms with Crippen LogP contribution in [0.1, 0.15) is 20.8 Å². The van der Waals surface area contributed by atoms with Gasteiger partial charge in [0.2, 0.25) is 5.91 Å². The molecule has 17 heavy (non-hydrogen) atoms. The fourth-order valence-electron chi connectivity index (χ4n) is 0.957. The normalized spacial score (nSPS) is 11.4. The summed E-state index contributed by atoms with van der Waals surface area (Å²) in [4.78, 5) is 19.1. The minimum Gasteiger partial charge on any atom is -0.308 e. The Morgan fingerprint density at radius 3 is 2.59 bits per heavy atom. The number of carbonyl (C=O) groups excluding carboxylic acids is 1. The van der Waals surface area contributed by atoms with Crippen LogP contribution in [0.25, 0.3) is 0 Å². The Bertz CT molecular complexity index is 417. The smallest absolute Gasteiger partial charge is 0.239 e. The first-order valence-electron chi connectivity index (χ1n) is 5.00. The maximum atomic E-state index is 11.6. The van der Waals surface area contributed by atoms with Crippen molar-refractivity contribution in [3.8, 4) is 0 Å². The molecule has 1 rings (SSSR count). The van der Waals surface area contributed by atoms with E-state index in [0.717, 1.165) is 0 Å². The van der Waals surface area contributed by atoms with Crippen molar-refractivity contribution in [2.75, 3.05) is 11.9 Å². The molecule has 1 heterocycles. The number of rotatable bonds is 3. The standard InChI is InChI=1S/C10H14Cl2N4O/c1-10(2,3)15-4-6(17)16-9-7(11)8(12)13-5-14-9/h5,15H,4H2,1-3H3,(H,13,14,16,17). The number of nitrogens with zero attached hydrogens (tertiary/aromatic N) is 2. The second kappa shape index (κ2) is 5.62. The lowest BCUT2D eigenvalue weighted by Crippen LogP contribution is -2.41. The van der Waals surface area contributed by atoms with Gasteiger partial charge in [-0.15, -0.1) is 0 Å². The molecule has 94 valence electrons. The van der Waals surface area contributed by atoms with Gasteiger partial charge in [-0.1, -0.05) is 23.2 Å². The first kappa shape index (κ1) is 14.2. The fourth-order valence-corrected chi connectivity index (χ4v) is 1.24. The van der Waals surface area contributed by atoms with E-state index < -0.39 is 0 Å². The minimum atomic E-state index is -0.239. The first-order valence-corrected chi connectivity index (χ1v) is 5.76. The predicted molar refractivity (Wildman–Crippen MR) is 68.4 cm³/mol. The Morgan fingerprint density at radius 2 is 2.00 bits per heavy atom. The Morgan fingerprint density at radius 1 is 1.35 bits per heavy atom. The van der Waals surface area contributed by atoms with Crippen molar-refractivity contribution >= 4 is 34.9 Å². The molecule has 7 heteroatoms. The van der Waals surface area contributed by atoms with Crippen molar-refractivity contribution in [3.63, 3.8) is 0 Å². The van der Waals surface area contributed by atoms with Crippen LogP contribution in [0.3, 0.4) is 0 Å². The third-order valence-corrected chi connectivity index (χ3v) is 2.53. The summed E-state index contributed by atoms with van der Waals surface area (Å²) in [7, 11) is 0. The number of nitrogens with one attached hydrogen (secondary N) is 2. The lowest BCUT2D eigenvalue weighted by Gasteiger charge is -2.19. The molecule has 2 N–H and O–H groups in total. The van der Waals surface area contributed by atoms with Crippen LogP contribution < -0.4 is 10.6 Å². The topological polar surface area (TPSA) is 66.9 Å². The molecule has 0 saturated carbocycles. The van der Waals surface area contributed by atoms with Crippen molar-refractivity contribution in [1.82, 2.24) is 15.3 Å². The number of hydrogen-bond donors (Lipinski definition) is 2. The zero-order valence-electron chi connectivity index (χ0n) is 9.84. The van der Waals surface area contributed by atoms with E-state index in [4.69, 9.17) is 23.2 Å². The number of amides is 1. The molecule has 0 bridgehead atoms. The molecule has 0 atom stereocenters. The van der Waals surface area contributed by atoms with Crippen molar-refractivity contribution in [2.45, 2.75) is 26.3 Å². The number of anilines is 1. The van der Waals surface area contributed by atoms with Crippen molar-refractivity contribution in [1.29, 1.82) is 0 Å². The highest BCUT2D eigenvalue weighted by Gasteiger charge is 2.14. The summed E-state index contributed by atoms with van der Waals surface area (Å²) >= 11 is 11.5. The second-order valence-electron chi connectivity index (χ2n) is 4.48. The molecule has 0 aliphatic heterocycles. The zero-order chi connectivity index (χ0) is 13.1. The van der Waals surface area contributed by atoms with Gasteiger partial charge >= 0.3 is 0 Å². The lowest BCUT2D eigenvalue weighted by molar-refractivity contribution is -0.115. The van der Waals surface area contributed by atoms with Crippen LogP contribution in [0.5, 0.6) is 0 Å². The molecule has 5 nitrogen and oxygen atoms in total. The van der Waals surface area contributed by atoms with Crippen LogP contribution in [0.15, 0.2) is 6.33 Å². The molecule has 1 aromatic rings. The molecule has 0 aliphatic rings. The van der Waals surface area contributed by atoms with Gasteiger partial charge in [0, 0.05) is 5.54 Å². The highest BCUT2D eigenvalue weighted by atomic mass is 35.5. The van der Waals surface area contributed by atoms with Crippen LogP contribution >= 0.6 is 23.2 Å². The summed E-state index contributed by atoms with van der Waals surface area (Å²) in [6.45, 7) is 6.07.